The number of aryl methyl sites for hydroxylation is 1. The first-order chi connectivity index (χ1) is 15.1. The van der Waals surface area contributed by atoms with E-state index in [1.807, 2.05) is 60.8 Å². The van der Waals surface area contributed by atoms with Crippen molar-refractivity contribution in [1.82, 2.24) is 4.98 Å². The molecule has 2 aromatic carbocycles. The van der Waals surface area contributed by atoms with Crippen molar-refractivity contribution in [2.24, 2.45) is 0 Å². The van der Waals surface area contributed by atoms with Crippen molar-refractivity contribution >= 4 is 39.2 Å². The van der Waals surface area contributed by atoms with Crippen LogP contribution in [0.4, 0.5) is 0 Å². The minimum absolute atomic E-state index is 0.0328. The van der Waals surface area contributed by atoms with Crippen LogP contribution in [-0.4, -0.2) is 11.0 Å². The van der Waals surface area contributed by atoms with Gasteiger partial charge in [-0.15, -0.1) is 11.3 Å². The Labute approximate surface area is 181 Å². The quantitative estimate of drug-likeness (QED) is 0.270. The summed E-state index contributed by atoms with van der Waals surface area (Å²) >= 11 is 1.56. The molecule has 0 saturated heterocycles. The molecule has 3 aromatic heterocycles. The van der Waals surface area contributed by atoms with Crippen molar-refractivity contribution in [2.45, 2.75) is 13.5 Å². The fourth-order valence-corrected chi connectivity index (χ4v) is 4.26. The van der Waals surface area contributed by atoms with Gasteiger partial charge in [-0.2, -0.15) is 0 Å². The van der Waals surface area contributed by atoms with Crippen LogP contribution < -0.4 is 5.63 Å². The predicted octanol–water partition coefficient (Wildman–Crippen LogP) is 5.74. The summed E-state index contributed by atoms with van der Waals surface area (Å²) < 4.78 is 10.9. The molecule has 0 amide bonds. The lowest BCUT2D eigenvalue weighted by atomic mass is 10.1. The normalized spacial score (nSPS) is 11.1. The van der Waals surface area contributed by atoms with Crippen LogP contribution in [0, 0.1) is 6.92 Å². The largest absolute Gasteiger partial charge is 0.457 e. The lowest BCUT2D eigenvalue weighted by Crippen LogP contribution is -2.09. The van der Waals surface area contributed by atoms with Gasteiger partial charge in [0, 0.05) is 22.4 Å². The number of ether oxygens (including phenoxy) is 1. The number of aromatic nitrogens is 1. The molecule has 0 fully saturated rings. The van der Waals surface area contributed by atoms with Crippen molar-refractivity contribution in [3.05, 3.63) is 99.2 Å². The molecule has 0 aliphatic carbocycles. The third-order valence-electron chi connectivity index (χ3n) is 5.05. The highest BCUT2D eigenvalue weighted by molar-refractivity contribution is 7.13. The molecule has 31 heavy (non-hydrogen) atoms. The zero-order valence-corrected chi connectivity index (χ0v) is 17.4. The van der Waals surface area contributed by atoms with E-state index in [9.17, 15) is 9.59 Å². The van der Waals surface area contributed by atoms with Gasteiger partial charge in [-0.3, -0.25) is 0 Å². The molecule has 0 bridgehead atoms. The van der Waals surface area contributed by atoms with Gasteiger partial charge in [-0.1, -0.05) is 36.4 Å². The molecule has 0 aliphatic heterocycles. The van der Waals surface area contributed by atoms with Gasteiger partial charge in [0.1, 0.15) is 12.2 Å². The average molecular weight is 427 g/mol. The molecule has 0 unspecified atom stereocenters. The monoisotopic (exact) mass is 427 g/mol. The van der Waals surface area contributed by atoms with E-state index >= 15 is 0 Å². The Kier molecular flexibility index (Phi) is 4.84. The number of hydrogen-bond donors (Lipinski definition) is 0. The molecule has 6 heteroatoms. The summed E-state index contributed by atoms with van der Waals surface area (Å²) in [5.74, 6) is -0.468. The third kappa shape index (κ3) is 3.73. The summed E-state index contributed by atoms with van der Waals surface area (Å²) in [7, 11) is 0. The van der Waals surface area contributed by atoms with Gasteiger partial charge in [-0.25, -0.2) is 14.6 Å². The highest BCUT2D eigenvalue weighted by atomic mass is 32.1. The summed E-state index contributed by atoms with van der Waals surface area (Å²) in [6.45, 7) is 1.89. The van der Waals surface area contributed by atoms with E-state index in [1.54, 1.807) is 23.5 Å². The molecular weight excluding hydrogens is 410 g/mol. The second kappa shape index (κ2) is 7.81. The fraction of sp³-hybridized carbons (Fsp3) is 0.0800. The molecule has 0 saturated carbocycles. The first-order valence-electron chi connectivity index (χ1n) is 9.73. The smallest absolute Gasteiger partial charge is 0.339 e. The Morgan fingerprint density at radius 2 is 1.90 bits per heavy atom. The van der Waals surface area contributed by atoms with Gasteiger partial charge in [0.05, 0.1) is 21.7 Å². The van der Waals surface area contributed by atoms with E-state index in [1.165, 1.54) is 6.07 Å². The number of carbonyl (C=O) groups excluding carboxylic acids is 1. The second-order valence-corrected chi connectivity index (χ2v) is 8.16. The molecule has 0 aliphatic rings. The third-order valence-corrected chi connectivity index (χ3v) is 5.95. The van der Waals surface area contributed by atoms with Gasteiger partial charge < -0.3 is 9.15 Å². The highest BCUT2D eigenvalue weighted by Gasteiger charge is 2.17. The molecular formula is C25H17NO4S. The second-order valence-electron chi connectivity index (χ2n) is 7.22. The van der Waals surface area contributed by atoms with Crippen molar-refractivity contribution in [2.75, 3.05) is 0 Å². The van der Waals surface area contributed by atoms with Gasteiger partial charge in [-0.05, 0) is 42.1 Å². The molecule has 5 nitrogen and oxygen atoms in total. The minimum atomic E-state index is -0.474. The zero-order chi connectivity index (χ0) is 21.4. The fourth-order valence-electron chi connectivity index (χ4n) is 3.57. The summed E-state index contributed by atoms with van der Waals surface area (Å²) in [5.41, 5.74) is 3.48. The number of fused-ring (bicyclic) bond motifs is 2. The van der Waals surface area contributed by atoms with E-state index in [0.717, 1.165) is 32.4 Å². The van der Waals surface area contributed by atoms with Crippen LogP contribution in [0.1, 0.15) is 21.5 Å². The van der Waals surface area contributed by atoms with Crippen LogP contribution in [-0.2, 0) is 11.3 Å². The topological polar surface area (TPSA) is 69.4 Å². The Morgan fingerprint density at radius 3 is 2.74 bits per heavy atom. The molecule has 0 N–H and O–H groups in total. The average Bonchev–Trinajstić information content (AvgIpc) is 3.31. The van der Waals surface area contributed by atoms with Gasteiger partial charge in [0.15, 0.2) is 0 Å². The molecule has 3 heterocycles. The Bertz CT molecular complexity index is 1490. The molecule has 0 atom stereocenters. The Morgan fingerprint density at radius 1 is 1.03 bits per heavy atom. The first kappa shape index (κ1) is 19.2. The Balaban J connectivity index is 1.52. The van der Waals surface area contributed by atoms with Crippen molar-refractivity contribution in [3.63, 3.8) is 0 Å². The van der Waals surface area contributed by atoms with Gasteiger partial charge >= 0.3 is 11.6 Å². The zero-order valence-electron chi connectivity index (χ0n) is 16.6. The summed E-state index contributed by atoms with van der Waals surface area (Å²) in [4.78, 5) is 30.7. The SMILES string of the molecule is Cc1ccc2c(COC(=O)c3cc(-c4cccs4)nc4ccccc34)cc(=O)oc2c1. The van der Waals surface area contributed by atoms with E-state index in [0.29, 0.717) is 16.7 Å². The first-order valence-corrected chi connectivity index (χ1v) is 10.6. The van der Waals surface area contributed by atoms with Crippen LogP contribution in [0.25, 0.3) is 32.4 Å². The summed E-state index contributed by atoms with van der Waals surface area (Å²) in [6.07, 6.45) is 0. The number of hydrogen-bond acceptors (Lipinski definition) is 6. The lowest BCUT2D eigenvalue weighted by molar-refractivity contribution is 0.0476. The number of nitrogens with zero attached hydrogens (tertiary/aromatic N) is 1. The minimum Gasteiger partial charge on any atom is -0.457 e. The van der Waals surface area contributed by atoms with E-state index in [2.05, 4.69) is 4.98 Å². The maximum atomic E-state index is 13.1. The van der Waals surface area contributed by atoms with E-state index < -0.39 is 11.6 Å². The number of rotatable bonds is 4. The van der Waals surface area contributed by atoms with Crippen molar-refractivity contribution in [1.29, 1.82) is 0 Å². The van der Waals surface area contributed by atoms with Crippen LogP contribution in [0.5, 0.6) is 0 Å². The van der Waals surface area contributed by atoms with Crippen LogP contribution in [0.15, 0.2) is 81.3 Å². The van der Waals surface area contributed by atoms with Crippen molar-refractivity contribution < 1.29 is 13.9 Å². The van der Waals surface area contributed by atoms with Crippen LogP contribution in [0.2, 0.25) is 0 Å². The number of benzene rings is 2. The maximum Gasteiger partial charge on any atom is 0.339 e. The molecule has 5 aromatic rings. The summed E-state index contributed by atoms with van der Waals surface area (Å²) in [6, 6.07) is 20.1. The highest BCUT2D eigenvalue weighted by Crippen LogP contribution is 2.28. The molecule has 0 radical (unpaired) electrons. The van der Waals surface area contributed by atoms with Crippen LogP contribution >= 0.6 is 11.3 Å². The summed E-state index contributed by atoms with van der Waals surface area (Å²) in [5, 5.41) is 3.44. The number of thiophene rings is 1. The van der Waals surface area contributed by atoms with Crippen LogP contribution in [0.3, 0.4) is 0 Å². The van der Waals surface area contributed by atoms with Gasteiger partial charge in [0.25, 0.3) is 0 Å². The van der Waals surface area contributed by atoms with E-state index in [4.69, 9.17) is 9.15 Å². The maximum absolute atomic E-state index is 13.1. The number of carbonyl (C=O) groups is 1. The Hall–Kier alpha value is -3.77. The lowest BCUT2D eigenvalue weighted by Gasteiger charge is -2.10. The van der Waals surface area contributed by atoms with Crippen molar-refractivity contribution in [3.8, 4) is 10.6 Å². The standard InChI is InChI=1S/C25H17NO4S/c1-15-8-9-17-16(12-24(27)30-22(17)11-15)14-29-25(28)19-13-21(23-7-4-10-31-23)26-20-6-3-2-5-18(19)20/h2-13H,14H2,1H3. The number of para-hydroxylation sites is 1. The number of esters is 1. The molecule has 0 spiro atoms. The number of pyridine rings is 1. The molecule has 152 valence electrons. The van der Waals surface area contributed by atoms with Gasteiger partial charge in [0.2, 0.25) is 0 Å². The predicted molar refractivity (Wildman–Crippen MR) is 121 cm³/mol. The van der Waals surface area contributed by atoms with E-state index in [-0.39, 0.29) is 6.61 Å². The molecule has 5 rings (SSSR count).